The first-order chi connectivity index (χ1) is 23.8. The Bertz CT molecular complexity index is 944. The lowest BCUT2D eigenvalue weighted by atomic mass is 10.0. The van der Waals surface area contributed by atoms with Crippen LogP contribution in [0.2, 0.25) is 0 Å². The molecule has 0 bridgehead atoms. The summed E-state index contributed by atoms with van der Waals surface area (Å²) < 4.78 is 26.0. The van der Waals surface area contributed by atoms with Crippen molar-refractivity contribution in [2.75, 3.05) is 13.2 Å². The van der Waals surface area contributed by atoms with E-state index in [0.717, 1.165) is 32.1 Å². The normalized spacial score (nSPS) is 13.7. The molecule has 2 atom stereocenters. The monoisotopic (exact) mass is 728 g/mol. The molecule has 0 amide bonds. The third kappa shape index (κ3) is 40.4. The van der Waals surface area contributed by atoms with Crippen LogP contribution in [-0.4, -0.2) is 36.1 Å². The van der Waals surface area contributed by atoms with E-state index in [-0.39, 0.29) is 25.6 Å². The van der Waals surface area contributed by atoms with E-state index in [1.54, 1.807) is 0 Å². The van der Waals surface area contributed by atoms with Gasteiger partial charge in [0.25, 0.3) is 7.82 Å². The number of esters is 2. The van der Waals surface area contributed by atoms with Gasteiger partial charge in [0, 0.05) is 12.8 Å². The molecule has 0 rings (SSSR count). The van der Waals surface area contributed by atoms with Crippen LogP contribution in [0.25, 0.3) is 0 Å². The van der Waals surface area contributed by atoms with Gasteiger partial charge in [-0.3, -0.25) is 14.2 Å². The van der Waals surface area contributed by atoms with Crippen molar-refractivity contribution in [3.8, 4) is 0 Å². The van der Waals surface area contributed by atoms with Crippen molar-refractivity contribution in [3.05, 3.63) is 48.6 Å². The zero-order chi connectivity index (χ0) is 36.1. The summed E-state index contributed by atoms with van der Waals surface area (Å²) in [5.41, 5.74) is 0. The van der Waals surface area contributed by atoms with Gasteiger partial charge < -0.3 is 29.9 Å². The van der Waals surface area contributed by atoms with Gasteiger partial charge >= 0.3 is 11.9 Å². The molecule has 0 aromatic heterocycles. The van der Waals surface area contributed by atoms with Gasteiger partial charge in [0.15, 0.2) is 6.10 Å². The SMILES string of the molecule is CCCCC/C=C\C/C=C\C/C=C\C/C=C\CCCC(=O)O[C@H](COC(=O)CCCCCCCCCCCCCCCC)COP(=O)([O-])O.[NH4+]. The number of allylic oxidation sites excluding steroid dienone is 8. The molecular weight excluding hydrogens is 653 g/mol. The van der Waals surface area contributed by atoms with Gasteiger partial charge in [0.05, 0.1) is 6.61 Å². The summed E-state index contributed by atoms with van der Waals surface area (Å²) in [5, 5.41) is 0. The number of carbonyl (C=O) groups is 2. The number of carbonyl (C=O) groups excluding carboxylic acids is 2. The van der Waals surface area contributed by atoms with Crippen LogP contribution >= 0.6 is 7.82 Å². The molecule has 1 unspecified atom stereocenters. The maximum Gasteiger partial charge on any atom is 0.306 e. The Morgan fingerprint density at radius 3 is 1.46 bits per heavy atom. The Morgan fingerprint density at radius 2 is 0.980 bits per heavy atom. The van der Waals surface area contributed by atoms with E-state index in [0.29, 0.717) is 19.3 Å². The van der Waals surface area contributed by atoms with Gasteiger partial charge in [-0.05, 0) is 51.4 Å². The van der Waals surface area contributed by atoms with Crippen molar-refractivity contribution in [3.63, 3.8) is 0 Å². The van der Waals surface area contributed by atoms with Crippen LogP contribution in [0, 0.1) is 0 Å². The average Bonchev–Trinajstić information content (AvgIpc) is 3.07. The molecule has 50 heavy (non-hydrogen) atoms. The molecule has 0 saturated heterocycles. The molecule has 0 aromatic carbocycles. The fourth-order valence-corrected chi connectivity index (χ4v) is 5.54. The van der Waals surface area contributed by atoms with E-state index in [4.69, 9.17) is 14.4 Å². The second-order valence-electron chi connectivity index (χ2n) is 12.9. The Balaban J connectivity index is 0. The van der Waals surface area contributed by atoms with E-state index in [1.807, 2.05) is 12.2 Å². The van der Waals surface area contributed by atoms with Crippen molar-refractivity contribution in [1.29, 1.82) is 0 Å². The molecule has 9 nitrogen and oxygen atoms in total. The standard InChI is InChI=1S/C40H71O8P.H3N/c1-3-5-7-9-11-13-15-17-19-20-21-23-25-27-29-31-33-35-40(42)48-38(37-47-49(43,44)45)36-46-39(41)34-32-30-28-26-24-22-18-16-14-12-10-8-6-4-2;/h11,13,17,19,21,23,27,29,38H,3-10,12,14-16,18,20,22,24-26,28,30-37H2,1-2H3,(H2,43,44,45);1H3/b13-11-,19-17-,23-21-,29-27-;/t38-;/m1./s1. The van der Waals surface area contributed by atoms with Crippen LogP contribution in [0.1, 0.15) is 174 Å². The van der Waals surface area contributed by atoms with Gasteiger partial charge in [-0.25, -0.2) is 0 Å². The highest BCUT2D eigenvalue weighted by molar-refractivity contribution is 7.44. The second kappa shape index (κ2) is 38.2. The van der Waals surface area contributed by atoms with Gasteiger partial charge in [-0.1, -0.05) is 159 Å². The number of quaternary nitrogens is 1. The number of unbranched alkanes of at least 4 members (excludes halogenated alkanes) is 17. The summed E-state index contributed by atoms with van der Waals surface area (Å²) in [5.74, 6) is -0.985. The summed E-state index contributed by atoms with van der Waals surface area (Å²) >= 11 is 0. The Kier molecular flexibility index (Phi) is 38.3. The highest BCUT2D eigenvalue weighted by atomic mass is 31.2. The first kappa shape index (κ1) is 50.1. The highest BCUT2D eigenvalue weighted by Crippen LogP contribution is 2.30. The fourth-order valence-electron chi connectivity index (χ4n) is 5.19. The molecule has 0 aliphatic carbocycles. The van der Waals surface area contributed by atoms with Crippen LogP contribution < -0.4 is 11.0 Å². The van der Waals surface area contributed by atoms with E-state index in [1.165, 1.54) is 96.3 Å². The van der Waals surface area contributed by atoms with Crippen LogP contribution in [0.15, 0.2) is 48.6 Å². The minimum atomic E-state index is -5.01. The number of phosphoric ester groups is 1. The minimum Gasteiger partial charge on any atom is -0.756 e. The molecule has 0 saturated carbocycles. The van der Waals surface area contributed by atoms with Gasteiger partial charge in [0.2, 0.25) is 0 Å². The quantitative estimate of drug-likeness (QED) is 0.0282. The van der Waals surface area contributed by atoms with Gasteiger partial charge in [0.1, 0.15) is 6.61 Å². The topological polar surface area (TPSA) is 159 Å². The summed E-state index contributed by atoms with van der Waals surface area (Å²) in [4.78, 5) is 44.5. The first-order valence-corrected chi connectivity index (χ1v) is 20.9. The van der Waals surface area contributed by atoms with Crippen LogP contribution in [0.3, 0.4) is 0 Å². The van der Waals surface area contributed by atoms with E-state index < -0.39 is 32.5 Å². The smallest absolute Gasteiger partial charge is 0.306 e. The zero-order valence-corrected chi connectivity index (χ0v) is 32.9. The maximum absolute atomic E-state index is 12.3. The number of ether oxygens (including phenoxy) is 2. The molecule has 0 fully saturated rings. The largest absolute Gasteiger partial charge is 0.756 e. The number of hydrogen-bond acceptors (Lipinski definition) is 7. The number of hydrogen-bond donors (Lipinski definition) is 2. The van der Waals surface area contributed by atoms with Crippen molar-refractivity contribution >= 4 is 19.8 Å². The molecule has 292 valence electrons. The lowest BCUT2D eigenvalue weighted by molar-refractivity contribution is -0.223. The maximum atomic E-state index is 12.3. The molecular formula is C40H74NO8P. The van der Waals surface area contributed by atoms with Crippen molar-refractivity contribution in [2.45, 2.75) is 180 Å². The van der Waals surface area contributed by atoms with Crippen LogP contribution in [0.5, 0.6) is 0 Å². The Hall–Kier alpha value is -2.03. The van der Waals surface area contributed by atoms with E-state index >= 15 is 0 Å². The molecule has 0 aliphatic heterocycles. The van der Waals surface area contributed by atoms with Crippen LogP contribution in [-0.2, 0) is 28.2 Å². The fraction of sp³-hybridized carbons (Fsp3) is 0.750. The minimum absolute atomic E-state index is 0. The van der Waals surface area contributed by atoms with Crippen molar-refractivity contribution in [2.24, 2.45) is 0 Å². The van der Waals surface area contributed by atoms with Gasteiger partial charge in [-0.15, -0.1) is 0 Å². The van der Waals surface area contributed by atoms with E-state index in [9.17, 15) is 19.0 Å². The molecule has 0 aromatic rings. The zero-order valence-electron chi connectivity index (χ0n) is 32.0. The predicted octanol–water partition coefficient (Wildman–Crippen LogP) is 11.3. The second-order valence-corrected chi connectivity index (χ2v) is 14.1. The predicted molar refractivity (Wildman–Crippen MR) is 206 cm³/mol. The van der Waals surface area contributed by atoms with Crippen LogP contribution in [0.4, 0.5) is 0 Å². The molecule has 5 N–H and O–H groups in total. The Labute approximate surface area is 305 Å². The van der Waals surface area contributed by atoms with Gasteiger partial charge in [-0.2, -0.15) is 0 Å². The highest BCUT2D eigenvalue weighted by Gasteiger charge is 2.19. The summed E-state index contributed by atoms with van der Waals surface area (Å²) in [6, 6.07) is 0. The average molecular weight is 728 g/mol. The lowest BCUT2D eigenvalue weighted by Gasteiger charge is -2.21. The van der Waals surface area contributed by atoms with Crippen molar-refractivity contribution in [1.82, 2.24) is 6.15 Å². The Morgan fingerprint density at radius 1 is 0.580 bits per heavy atom. The molecule has 10 heteroatoms. The van der Waals surface area contributed by atoms with Crippen molar-refractivity contribution < 1.29 is 37.9 Å². The third-order valence-electron chi connectivity index (χ3n) is 8.10. The molecule has 0 heterocycles. The molecule has 0 spiro atoms. The number of phosphoric acid groups is 1. The first-order valence-electron chi connectivity index (χ1n) is 19.4. The summed E-state index contributed by atoms with van der Waals surface area (Å²) in [6.45, 7) is 3.51. The third-order valence-corrected chi connectivity index (χ3v) is 8.57. The summed E-state index contributed by atoms with van der Waals surface area (Å²) in [7, 11) is -5.01. The lowest BCUT2D eigenvalue weighted by Crippen LogP contribution is -2.30. The molecule has 0 aliphatic rings. The summed E-state index contributed by atoms with van der Waals surface area (Å²) in [6.07, 6.45) is 42.4. The van der Waals surface area contributed by atoms with E-state index in [2.05, 4.69) is 54.8 Å². The number of rotatable bonds is 35. The molecule has 0 radical (unpaired) electrons.